The maximum atomic E-state index is 13.5. The third kappa shape index (κ3) is 6.12. The number of halogens is 1. The van der Waals surface area contributed by atoms with Crippen LogP contribution in [-0.2, 0) is 7.05 Å². The molecule has 0 bridgehead atoms. The van der Waals surface area contributed by atoms with Gasteiger partial charge in [-0.15, -0.1) is 0 Å². The van der Waals surface area contributed by atoms with E-state index in [-0.39, 0.29) is 17.3 Å². The minimum absolute atomic E-state index is 0.144. The van der Waals surface area contributed by atoms with E-state index in [1.54, 1.807) is 62.8 Å². The van der Waals surface area contributed by atoms with Gasteiger partial charge in [0, 0.05) is 49.2 Å². The van der Waals surface area contributed by atoms with Crippen LogP contribution in [0.1, 0.15) is 35.9 Å². The second-order valence-corrected chi connectivity index (χ2v) is 9.95. The van der Waals surface area contributed by atoms with Crippen molar-refractivity contribution in [3.05, 3.63) is 135 Å². The van der Waals surface area contributed by atoms with E-state index in [1.807, 2.05) is 17.8 Å². The molecule has 0 radical (unpaired) electrons. The Hall–Kier alpha value is -5.78. The number of anilines is 1. The molecule has 1 aliphatic heterocycles. The van der Waals surface area contributed by atoms with E-state index in [0.717, 1.165) is 34.2 Å². The van der Waals surface area contributed by atoms with Crippen LogP contribution in [-0.4, -0.2) is 30.8 Å². The van der Waals surface area contributed by atoms with Gasteiger partial charge in [-0.3, -0.25) is 14.2 Å². The molecule has 43 heavy (non-hydrogen) atoms. The molecule has 0 fully saturated rings. The quantitative estimate of drug-likeness (QED) is 0.268. The fourth-order valence-corrected chi connectivity index (χ4v) is 4.34. The highest BCUT2D eigenvalue weighted by atomic mass is 19.1. The SMILES string of the molecule is CC(C)n1cc(C(=O)Nc2ccc(OC3=CC(c4cn(C)cn4)=CN/C3=C\C=N)cc2)c(=O)n(-c2ccc(F)cc2)c1=O. The Morgan fingerprint density at radius 3 is 2.44 bits per heavy atom. The third-order valence-corrected chi connectivity index (χ3v) is 6.53. The zero-order valence-corrected chi connectivity index (χ0v) is 23.5. The van der Waals surface area contributed by atoms with Crippen molar-refractivity contribution in [2.45, 2.75) is 19.9 Å². The van der Waals surface area contributed by atoms with E-state index >= 15 is 0 Å². The first-order valence-electron chi connectivity index (χ1n) is 13.3. The number of imidazole rings is 1. The lowest BCUT2D eigenvalue weighted by Crippen LogP contribution is -2.42. The summed E-state index contributed by atoms with van der Waals surface area (Å²) in [5.41, 5.74) is 0.898. The van der Waals surface area contributed by atoms with E-state index in [1.165, 1.54) is 22.9 Å². The maximum Gasteiger partial charge on any atom is 0.335 e. The number of benzene rings is 2. The molecule has 3 heterocycles. The first-order chi connectivity index (χ1) is 20.6. The van der Waals surface area contributed by atoms with Crippen LogP contribution in [0.3, 0.4) is 0 Å². The summed E-state index contributed by atoms with van der Waals surface area (Å²) in [7, 11) is 1.87. The largest absolute Gasteiger partial charge is 0.455 e. The molecule has 0 unspecified atom stereocenters. The van der Waals surface area contributed by atoms with Gasteiger partial charge in [-0.05, 0) is 74.5 Å². The first kappa shape index (κ1) is 28.7. The topological polar surface area (TPSA) is 136 Å². The summed E-state index contributed by atoms with van der Waals surface area (Å²) in [6, 6.07) is 11.0. The number of nitrogens with one attached hydrogen (secondary N) is 3. The van der Waals surface area contributed by atoms with E-state index in [2.05, 4.69) is 15.6 Å². The number of nitrogens with zero attached hydrogens (tertiary/aromatic N) is 4. The molecular weight excluding hydrogens is 553 g/mol. The molecule has 11 nitrogen and oxygen atoms in total. The number of allylic oxidation sites excluding steroid dienone is 3. The van der Waals surface area contributed by atoms with Gasteiger partial charge in [0.25, 0.3) is 11.5 Å². The number of hydrogen-bond donors (Lipinski definition) is 3. The van der Waals surface area contributed by atoms with Gasteiger partial charge in [-0.2, -0.15) is 0 Å². The minimum atomic E-state index is -0.829. The highest BCUT2D eigenvalue weighted by molar-refractivity contribution is 6.03. The lowest BCUT2D eigenvalue weighted by atomic mass is 10.1. The van der Waals surface area contributed by atoms with Crippen molar-refractivity contribution < 1.29 is 13.9 Å². The molecule has 2 aromatic carbocycles. The van der Waals surface area contributed by atoms with Gasteiger partial charge in [0.15, 0.2) is 5.76 Å². The molecule has 3 N–H and O–H groups in total. The van der Waals surface area contributed by atoms with Gasteiger partial charge in [-0.25, -0.2) is 18.7 Å². The zero-order chi connectivity index (χ0) is 30.7. The summed E-state index contributed by atoms with van der Waals surface area (Å²) < 4.78 is 23.5. The molecule has 0 saturated heterocycles. The molecule has 0 atom stereocenters. The van der Waals surface area contributed by atoms with E-state index in [4.69, 9.17) is 10.1 Å². The number of carbonyl (C=O) groups is 1. The number of carbonyl (C=O) groups excluding carboxylic acids is 1. The average Bonchev–Trinajstić information content (AvgIpc) is 3.42. The van der Waals surface area contributed by atoms with Crippen molar-refractivity contribution in [1.29, 1.82) is 5.41 Å². The molecule has 0 saturated carbocycles. The molecule has 0 spiro atoms. The second-order valence-electron chi connectivity index (χ2n) is 9.95. The van der Waals surface area contributed by atoms with Crippen molar-refractivity contribution in [1.82, 2.24) is 24.0 Å². The van der Waals surface area contributed by atoms with E-state index in [0.29, 0.717) is 22.9 Å². The Morgan fingerprint density at radius 2 is 1.81 bits per heavy atom. The van der Waals surface area contributed by atoms with Gasteiger partial charge in [0.05, 0.1) is 23.4 Å². The summed E-state index contributed by atoms with van der Waals surface area (Å²) in [5.74, 6) is -0.327. The second kappa shape index (κ2) is 12.0. The van der Waals surface area contributed by atoms with Crippen LogP contribution in [0.5, 0.6) is 5.75 Å². The molecule has 2 aromatic heterocycles. The summed E-state index contributed by atoms with van der Waals surface area (Å²) >= 11 is 0. The zero-order valence-electron chi connectivity index (χ0n) is 23.5. The van der Waals surface area contributed by atoms with Crippen LogP contribution < -0.4 is 26.6 Å². The third-order valence-electron chi connectivity index (χ3n) is 6.53. The lowest BCUT2D eigenvalue weighted by Gasteiger charge is -2.19. The predicted octanol–water partition coefficient (Wildman–Crippen LogP) is 4.15. The summed E-state index contributed by atoms with van der Waals surface area (Å²) in [6.45, 7) is 3.49. The normalized spacial score (nSPS) is 13.7. The summed E-state index contributed by atoms with van der Waals surface area (Å²) in [4.78, 5) is 44.0. The van der Waals surface area contributed by atoms with Gasteiger partial charge in [-0.1, -0.05) is 0 Å². The average molecular weight is 582 g/mol. The predicted molar refractivity (Wildman–Crippen MR) is 161 cm³/mol. The molecule has 1 amide bonds. The van der Waals surface area contributed by atoms with Crippen LogP contribution in [0.4, 0.5) is 10.1 Å². The highest BCUT2D eigenvalue weighted by Gasteiger charge is 2.20. The molecule has 5 rings (SSSR count). The number of dihydropyridines is 1. The number of aromatic nitrogens is 4. The smallest absolute Gasteiger partial charge is 0.335 e. The Balaban J connectivity index is 1.39. The number of aryl methyl sites for hydroxylation is 1. The number of hydrogen-bond acceptors (Lipinski definition) is 7. The van der Waals surface area contributed by atoms with Crippen LogP contribution in [0.15, 0.2) is 107 Å². The van der Waals surface area contributed by atoms with Crippen LogP contribution in [0.2, 0.25) is 0 Å². The Morgan fingerprint density at radius 1 is 1.09 bits per heavy atom. The van der Waals surface area contributed by atoms with Crippen molar-refractivity contribution in [3.63, 3.8) is 0 Å². The summed E-state index contributed by atoms with van der Waals surface area (Å²) in [6.07, 6.45) is 11.1. The van der Waals surface area contributed by atoms with Gasteiger partial charge < -0.3 is 25.3 Å². The molecule has 218 valence electrons. The fraction of sp³-hybridized carbons (Fsp3) is 0.129. The number of ether oxygens (including phenoxy) is 1. The lowest BCUT2D eigenvalue weighted by molar-refractivity contribution is 0.102. The monoisotopic (exact) mass is 581 g/mol. The first-order valence-corrected chi connectivity index (χ1v) is 13.3. The van der Waals surface area contributed by atoms with Crippen molar-refractivity contribution in [2.24, 2.45) is 7.05 Å². The molecule has 1 aliphatic rings. The molecular formula is C31H28FN7O4. The van der Waals surface area contributed by atoms with Crippen molar-refractivity contribution in [2.75, 3.05) is 5.32 Å². The van der Waals surface area contributed by atoms with E-state index in [9.17, 15) is 18.8 Å². The summed E-state index contributed by atoms with van der Waals surface area (Å²) in [5, 5.41) is 13.3. The Labute approximate surface area is 245 Å². The van der Waals surface area contributed by atoms with Gasteiger partial charge in [0.1, 0.15) is 17.1 Å². The number of amides is 1. The van der Waals surface area contributed by atoms with Crippen molar-refractivity contribution >= 4 is 23.4 Å². The molecule has 0 aliphatic carbocycles. The Bertz CT molecular complexity index is 1910. The van der Waals surface area contributed by atoms with Gasteiger partial charge >= 0.3 is 5.69 Å². The van der Waals surface area contributed by atoms with Crippen LogP contribution in [0, 0.1) is 11.2 Å². The van der Waals surface area contributed by atoms with Crippen LogP contribution in [0.25, 0.3) is 11.3 Å². The van der Waals surface area contributed by atoms with E-state index < -0.39 is 23.0 Å². The van der Waals surface area contributed by atoms with Gasteiger partial charge in [0.2, 0.25) is 0 Å². The standard InChI is InChI=1S/C31H28FN7O4/c1-19(2)38-16-25(30(41)39(31(38)42)23-8-4-21(32)5-9-23)29(40)36-22-6-10-24(11-7-22)43-28-14-20(15-34-26(28)12-13-33)27-17-37(3)18-35-27/h4-19,33-34H,1-3H3,(H,36,40)/b26-12-,33-13?. The Kier molecular flexibility index (Phi) is 8.01. The maximum absolute atomic E-state index is 13.5. The van der Waals surface area contributed by atoms with Crippen molar-refractivity contribution in [3.8, 4) is 11.4 Å². The van der Waals surface area contributed by atoms with Crippen LogP contribution >= 0.6 is 0 Å². The highest BCUT2D eigenvalue weighted by Crippen LogP contribution is 2.26. The fourth-order valence-electron chi connectivity index (χ4n) is 4.34. The molecule has 4 aromatic rings. The number of rotatable bonds is 8. The molecule has 12 heteroatoms. The minimum Gasteiger partial charge on any atom is -0.455 e.